The zero-order chi connectivity index (χ0) is 19.4. The third-order valence-corrected chi connectivity index (χ3v) is 4.83. The highest BCUT2D eigenvalue weighted by Gasteiger charge is 2.21. The van der Waals surface area contributed by atoms with E-state index in [4.69, 9.17) is 0 Å². The molecule has 1 heterocycles. The summed E-state index contributed by atoms with van der Waals surface area (Å²) in [5.74, 6) is -0.159. The number of alkyl halides is 2. The second-order valence-corrected chi connectivity index (χ2v) is 6.99. The number of Topliss-reactive ketones (excluding diaryl/α,β-unsaturated/α-hetero) is 1. The molecule has 0 spiro atoms. The molecule has 0 saturated heterocycles. The minimum atomic E-state index is -2.90. The summed E-state index contributed by atoms with van der Waals surface area (Å²) < 4.78 is 30.3. The van der Waals surface area contributed by atoms with Gasteiger partial charge < -0.3 is 4.74 Å². The van der Waals surface area contributed by atoms with Gasteiger partial charge in [-0.25, -0.2) is 0 Å². The Morgan fingerprint density at radius 2 is 1.85 bits per heavy atom. The van der Waals surface area contributed by atoms with Crippen LogP contribution in [0.2, 0.25) is 0 Å². The van der Waals surface area contributed by atoms with E-state index in [1.165, 1.54) is 36.0 Å². The average Bonchev–Trinajstić information content (AvgIpc) is 3.09. The molecule has 3 aromatic rings. The largest absolute Gasteiger partial charge is 0.435 e. The number of carbonyl (C=O) groups is 1. The first-order chi connectivity index (χ1) is 13.0. The van der Waals surface area contributed by atoms with Crippen LogP contribution in [0.3, 0.4) is 0 Å². The lowest BCUT2D eigenvalue weighted by Gasteiger charge is -2.12. The molecule has 3 rings (SSSR count). The van der Waals surface area contributed by atoms with E-state index in [2.05, 4.69) is 20.3 Å². The van der Waals surface area contributed by atoms with Crippen LogP contribution in [0.25, 0.3) is 5.69 Å². The monoisotopic (exact) mass is 390 g/mol. The molecule has 0 amide bonds. The third kappa shape index (κ3) is 4.48. The average molecular weight is 390 g/mol. The zero-order valence-electron chi connectivity index (χ0n) is 14.5. The zero-order valence-corrected chi connectivity index (χ0v) is 15.4. The van der Waals surface area contributed by atoms with Gasteiger partial charge in [0.25, 0.3) is 0 Å². The van der Waals surface area contributed by atoms with Crippen molar-refractivity contribution in [3.8, 4) is 11.4 Å². The van der Waals surface area contributed by atoms with E-state index < -0.39 is 11.9 Å². The van der Waals surface area contributed by atoms with Crippen LogP contribution in [0.1, 0.15) is 22.8 Å². The number of halogens is 2. The molecule has 0 aliphatic carbocycles. The Kier molecular flexibility index (Phi) is 5.80. The highest BCUT2D eigenvalue weighted by atomic mass is 32.2. The Bertz CT molecular complexity index is 931. The molecule has 6 nitrogen and oxygen atoms in total. The molecule has 0 aliphatic heterocycles. The molecule has 0 unspecified atom stereocenters. The van der Waals surface area contributed by atoms with E-state index >= 15 is 0 Å². The summed E-state index contributed by atoms with van der Waals surface area (Å²) in [5, 5.41) is 11.7. The van der Waals surface area contributed by atoms with Gasteiger partial charge >= 0.3 is 6.61 Å². The maximum absolute atomic E-state index is 12.6. The first kappa shape index (κ1) is 19.0. The van der Waals surface area contributed by atoms with Gasteiger partial charge in [-0.3, -0.25) is 4.79 Å². The summed E-state index contributed by atoms with van der Waals surface area (Å²) in [4.78, 5) is 12.6. The highest BCUT2D eigenvalue weighted by Crippen LogP contribution is 2.27. The van der Waals surface area contributed by atoms with Crippen molar-refractivity contribution in [2.75, 3.05) is 0 Å². The van der Waals surface area contributed by atoms with E-state index in [-0.39, 0.29) is 11.5 Å². The fourth-order valence-corrected chi connectivity index (χ4v) is 3.33. The lowest BCUT2D eigenvalue weighted by molar-refractivity contribution is -0.0498. The summed E-state index contributed by atoms with van der Waals surface area (Å²) in [6.07, 6.45) is 0. The van der Waals surface area contributed by atoms with Crippen molar-refractivity contribution in [2.24, 2.45) is 0 Å². The molecule has 0 fully saturated rings. The second kappa shape index (κ2) is 8.26. The standard InChI is InChI=1S/C18H16F2N4O2S/c1-11-5-3-4-6-15(11)24-18(21-22-23-24)27-12(2)16(25)13-7-9-14(10-8-13)26-17(19)20/h3-10,12,17H,1-2H3/t12-/m0/s1. The number of carbonyl (C=O) groups excluding carboxylic acids is 1. The van der Waals surface area contributed by atoms with Crippen molar-refractivity contribution in [2.45, 2.75) is 30.9 Å². The van der Waals surface area contributed by atoms with E-state index in [0.717, 1.165) is 11.3 Å². The Morgan fingerprint density at radius 3 is 2.52 bits per heavy atom. The van der Waals surface area contributed by atoms with Gasteiger partial charge in [-0.05, 0) is 60.2 Å². The lowest BCUT2D eigenvalue weighted by atomic mass is 10.1. The van der Waals surface area contributed by atoms with Crippen LogP contribution >= 0.6 is 11.8 Å². The predicted molar refractivity (Wildman–Crippen MR) is 96.6 cm³/mol. The number of ketones is 1. The van der Waals surface area contributed by atoms with Gasteiger partial charge in [-0.1, -0.05) is 30.0 Å². The Hall–Kier alpha value is -2.81. The first-order valence-corrected chi connectivity index (χ1v) is 8.94. The molecule has 27 heavy (non-hydrogen) atoms. The van der Waals surface area contributed by atoms with Crippen LogP contribution < -0.4 is 4.74 Å². The highest BCUT2D eigenvalue weighted by molar-refractivity contribution is 8.00. The number of hydrogen-bond acceptors (Lipinski definition) is 6. The van der Waals surface area contributed by atoms with Crippen molar-refractivity contribution >= 4 is 17.5 Å². The van der Waals surface area contributed by atoms with Gasteiger partial charge in [0.1, 0.15) is 5.75 Å². The number of tetrazole rings is 1. The molecule has 0 bridgehead atoms. The normalized spacial score (nSPS) is 12.2. The number of para-hydroxylation sites is 1. The van der Waals surface area contributed by atoms with Gasteiger partial charge in [0.15, 0.2) is 5.78 Å². The summed E-state index contributed by atoms with van der Waals surface area (Å²) in [6, 6.07) is 13.2. The number of thioether (sulfide) groups is 1. The van der Waals surface area contributed by atoms with Crippen LogP contribution in [0, 0.1) is 6.92 Å². The molecular weight excluding hydrogens is 374 g/mol. The SMILES string of the molecule is Cc1ccccc1-n1nnnc1S[C@@H](C)C(=O)c1ccc(OC(F)F)cc1. The number of benzene rings is 2. The van der Waals surface area contributed by atoms with Crippen LogP contribution in [-0.4, -0.2) is 37.9 Å². The molecule has 0 saturated carbocycles. The number of ether oxygens (including phenoxy) is 1. The molecule has 140 valence electrons. The number of aromatic nitrogens is 4. The molecule has 2 aromatic carbocycles. The Balaban J connectivity index is 1.74. The maximum Gasteiger partial charge on any atom is 0.387 e. The van der Waals surface area contributed by atoms with Gasteiger partial charge in [-0.2, -0.15) is 13.5 Å². The van der Waals surface area contributed by atoms with Crippen molar-refractivity contribution in [1.82, 2.24) is 20.2 Å². The van der Waals surface area contributed by atoms with Crippen molar-refractivity contribution in [3.05, 3.63) is 59.7 Å². The van der Waals surface area contributed by atoms with E-state index in [9.17, 15) is 13.6 Å². The number of nitrogens with zero attached hydrogens (tertiary/aromatic N) is 4. The van der Waals surface area contributed by atoms with Crippen LogP contribution in [0.4, 0.5) is 8.78 Å². The first-order valence-electron chi connectivity index (χ1n) is 8.06. The van der Waals surface area contributed by atoms with Gasteiger partial charge in [0.05, 0.1) is 10.9 Å². The lowest BCUT2D eigenvalue weighted by Crippen LogP contribution is -2.15. The molecule has 1 atom stereocenters. The Morgan fingerprint density at radius 1 is 1.15 bits per heavy atom. The predicted octanol–water partition coefficient (Wildman–Crippen LogP) is 3.94. The molecule has 1 aromatic heterocycles. The topological polar surface area (TPSA) is 69.9 Å². The van der Waals surface area contributed by atoms with Gasteiger partial charge in [-0.15, -0.1) is 5.10 Å². The molecule has 9 heteroatoms. The van der Waals surface area contributed by atoms with Gasteiger partial charge in [0, 0.05) is 5.56 Å². The summed E-state index contributed by atoms with van der Waals surface area (Å²) in [5.41, 5.74) is 2.23. The van der Waals surface area contributed by atoms with Crippen LogP contribution in [0.15, 0.2) is 53.7 Å². The minimum absolute atomic E-state index is 0.00496. The minimum Gasteiger partial charge on any atom is -0.435 e. The van der Waals surface area contributed by atoms with Gasteiger partial charge in [0.2, 0.25) is 5.16 Å². The number of hydrogen-bond donors (Lipinski definition) is 0. The fourth-order valence-electron chi connectivity index (χ4n) is 2.45. The van der Waals surface area contributed by atoms with Crippen molar-refractivity contribution in [1.29, 1.82) is 0 Å². The summed E-state index contributed by atoms with van der Waals surface area (Å²) in [6.45, 7) is 0.789. The molecule has 0 N–H and O–H groups in total. The molecule has 0 aliphatic rings. The maximum atomic E-state index is 12.6. The van der Waals surface area contributed by atoms with Crippen molar-refractivity contribution < 1.29 is 18.3 Å². The quantitative estimate of drug-likeness (QED) is 0.450. The molecular formula is C18H16F2N4O2S. The van der Waals surface area contributed by atoms with E-state index in [0.29, 0.717) is 10.7 Å². The summed E-state index contributed by atoms with van der Waals surface area (Å²) in [7, 11) is 0. The van der Waals surface area contributed by atoms with E-state index in [1.807, 2.05) is 31.2 Å². The smallest absolute Gasteiger partial charge is 0.387 e. The van der Waals surface area contributed by atoms with Crippen LogP contribution in [0.5, 0.6) is 5.75 Å². The molecule has 0 radical (unpaired) electrons. The van der Waals surface area contributed by atoms with Crippen molar-refractivity contribution in [3.63, 3.8) is 0 Å². The summed E-state index contributed by atoms with van der Waals surface area (Å²) >= 11 is 1.22. The number of aryl methyl sites for hydroxylation is 1. The fraction of sp³-hybridized carbons (Fsp3) is 0.222. The number of rotatable bonds is 7. The third-order valence-electron chi connectivity index (χ3n) is 3.80. The van der Waals surface area contributed by atoms with Crippen LogP contribution in [-0.2, 0) is 0 Å². The van der Waals surface area contributed by atoms with E-state index in [1.54, 1.807) is 11.6 Å². The Labute approximate surface area is 158 Å². The second-order valence-electron chi connectivity index (χ2n) is 5.69.